The molecule has 0 atom stereocenters. The van der Waals surface area contributed by atoms with Gasteiger partial charge in [0, 0.05) is 0 Å². The number of esters is 1. The lowest BCUT2D eigenvalue weighted by atomic mass is 10.1. The van der Waals surface area contributed by atoms with Crippen LogP contribution in [-0.2, 0) is 0 Å². The van der Waals surface area contributed by atoms with Gasteiger partial charge in [-0.25, -0.2) is 10.2 Å². The molecule has 7 heteroatoms. The zero-order valence-corrected chi connectivity index (χ0v) is 18.4. The number of ether oxygens (including phenoxy) is 2. The van der Waals surface area contributed by atoms with Gasteiger partial charge in [-0.05, 0) is 65.7 Å². The molecule has 0 bridgehead atoms. The first-order chi connectivity index (χ1) is 16.5. The summed E-state index contributed by atoms with van der Waals surface area (Å²) in [6, 6.07) is 24.2. The van der Waals surface area contributed by atoms with E-state index in [0.29, 0.717) is 23.5 Å². The standard InChI is InChI=1S/C27H22N2O5/c1-2-33-25-14-18(12-13-24(25)34-27(32)19-8-4-3-5-9-19)17-28-29-26(31)22-15-20-10-6-7-11-21(20)16-23(22)30/h3-17,30H,2H2,1H3,(H,29,31)/b28-17-. The number of hydrazone groups is 1. The lowest BCUT2D eigenvalue weighted by Crippen LogP contribution is -2.17. The number of phenols is 1. The minimum atomic E-state index is -0.544. The van der Waals surface area contributed by atoms with Crippen LogP contribution in [0.1, 0.15) is 33.2 Å². The number of hydrogen-bond donors (Lipinski definition) is 2. The molecule has 0 aliphatic rings. The first-order valence-electron chi connectivity index (χ1n) is 10.6. The Morgan fingerprint density at radius 2 is 1.62 bits per heavy atom. The number of nitrogens with one attached hydrogen (secondary N) is 1. The number of nitrogens with zero attached hydrogens (tertiary/aromatic N) is 1. The van der Waals surface area contributed by atoms with Crippen molar-refractivity contribution in [1.29, 1.82) is 0 Å². The van der Waals surface area contributed by atoms with E-state index in [4.69, 9.17) is 9.47 Å². The van der Waals surface area contributed by atoms with Crippen molar-refractivity contribution in [2.75, 3.05) is 6.61 Å². The first kappa shape index (κ1) is 22.5. The molecule has 7 nitrogen and oxygen atoms in total. The van der Waals surface area contributed by atoms with Gasteiger partial charge in [-0.3, -0.25) is 4.79 Å². The van der Waals surface area contributed by atoms with E-state index in [1.165, 1.54) is 12.3 Å². The monoisotopic (exact) mass is 454 g/mol. The average Bonchev–Trinajstić information content (AvgIpc) is 2.85. The van der Waals surface area contributed by atoms with E-state index in [1.807, 2.05) is 37.3 Å². The Kier molecular flexibility index (Phi) is 6.84. The van der Waals surface area contributed by atoms with E-state index in [1.54, 1.807) is 48.5 Å². The summed E-state index contributed by atoms with van der Waals surface area (Å²) in [6.45, 7) is 2.19. The van der Waals surface area contributed by atoms with Crippen molar-refractivity contribution in [2.24, 2.45) is 5.10 Å². The summed E-state index contributed by atoms with van der Waals surface area (Å²) in [5.74, 6) is -0.523. The molecule has 0 aliphatic heterocycles. The van der Waals surface area contributed by atoms with Gasteiger partial charge in [0.2, 0.25) is 0 Å². The van der Waals surface area contributed by atoms with Crippen LogP contribution in [0, 0.1) is 0 Å². The van der Waals surface area contributed by atoms with E-state index in [2.05, 4.69) is 10.5 Å². The number of carbonyl (C=O) groups excluding carboxylic acids is 2. The van der Waals surface area contributed by atoms with Crippen molar-refractivity contribution in [1.82, 2.24) is 5.43 Å². The van der Waals surface area contributed by atoms with Crippen LogP contribution in [0.5, 0.6) is 17.2 Å². The zero-order chi connectivity index (χ0) is 23.9. The maximum Gasteiger partial charge on any atom is 0.343 e. The summed E-state index contributed by atoms with van der Waals surface area (Å²) in [4.78, 5) is 24.9. The van der Waals surface area contributed by atoms with Crippen LogP contribution < -0.4 is 14.9 Å². The fourth-order valence-corrected chi connectivity index (χ4v) is 3.33. The number of phenolic OH excluding ortho intramolecular Hbond substituents is 1. The van der Waals surface area contributed by atoms with Gasteiger partial charge in [-0.1, -0.05) is 42.5 Å². The van der Waals surface area contributed by atoms with Gasteiger partial charge in [0.1, 0.15) is 5.75 Å². The summed E-state index contributed by atoms with van der Waals surface area (Å²) in [5, 5.41) is 15.8. The summed E-state index contributed by atoms with van der Waals surface area (Å²) in [5.41, 5.74) is 3.58. The predicted molar refractivity (Wildman–Crippen MR) is 130 cm³/mol. The average molecular weight is 454 g/mol. The Bertz CT molecular complexity index is 1370. The number of aromatic hydroxyl groups is 1. The molecule has 2 N–H and O–H groups in total. The number of amides is 1. The Balaban J connectivity index is 1.47. The second-order valence-corrected chi connectivity index (χ2v) is 7.31. The van der Waals surface area contributed by atoms with Gasteiger partial charge in [-0.15, -0.1) is 0 Å². The first-order valence-corrected chi connectivity index (χ1v) is 10.6. The predicted octanol–water partition coefficient (Wildman–Crippen LogP) is 4.93. The molecular formula is C27H22N2O5. The van der Waals surface area contributed by atoms with Crippen molar-refractivity contribution in [3.8, 4) is 17.2 Å². The van der Waals surface area contributed by atoms with Crippen LogP contribution in [0.3, 0.4) is 0 Å². The lowest BCUT2D eigenvalue weighted by Gasteiger charge is -2.11. The molecule has 0 aromatic heterocycles. The normalized spacial score (nSPS) is 10.9. The molecule has 0 unspecified atom stereocenters. The molecular weight excluding hydrogens is 432 g/mol. The summed E-state index contributed by atoms with van der Waals surface area (Å²) in [7, 11) is 0. The third-order valence-electron chi connectivity index (χ3n) is 4.97. The molecule has 34 heavy (non-hydrogen) atoms. The highest BCUT2D eigenvalue weighted by Gasteiger charge is 2.14. The second kappa shape index (κ2) is 10.3. The van der Waals surface area contributed by atoms with E-state index in [9.17, 15) is 14.7 Å². The Labute approximate surface area is 196 Å². The highest BCUT2D eigenvalue weighted by atomic mass is 16.6. The van der Waals surface area contributed by atoms with Crippen LogP contribution in [0.15, 0.2) is 90.0 Å². The van der Waals surface area contributed by atoms with Crippen LogP contribution in [-0.4, -0.2) is 29.8 Å². The smallest absolute Gasteiger partial charge is 0.343 e. The van der Waals surface area contributed by atoms with Gasteiger partial charge in [0.15, 0.2) is 11.5 Å². The van der Waals surface area contributed by atoms with E-state index < -0.39 is 11.9 Å². The maximum absolute atomic E-state index is 12.5. The number of rotatable bonds is 7. The highest BCUT2D eigenvalue weighted by Crippen LogP contribution is 2.29. The Morgan fingerprint density at radius 1 is 0.912 bits per heavy atom. The molecule has 4 rings (SSSR count). The second-order valence-electron chi connectivity index (χ2n) is 7.31. The largest absolute Gasteiger partial charge is 0.507 e. The number of carbonyl (C=O) groups is 2. The van der Waals surface area contributed by atoms with Gasteiger partial charge < -0.3 is 14.6 Å². The van der Waals surface area contributed by atoms with Gasteiger partial charge in [0.05, 0.1) is 23.9 Å². The number of benzene rings is 4. The molecule has 1 amide bonds. The summed E-state index contributed by atoms with van der Waals surface area (Å²) in [6.07, 6.45) is 1.43. The zero-order valence-electron chi connectivity index (χ0n) is 18.4. The molecule has 170 valence electrons. The van der Waals surface area contributed by atoms with Crippen LogP contribution in [0.2, 0.25) is 0 Å². The Morgan fingerprint density at radius 3 is 2.35 bits per heavy atom. The van der Waals surface area contributed by atoms with Crippen molar-refractivity contribution < 1.29 is 24.2 Å². The fraction of sp³-hybridized carbons (Fsp3) is 0.0741. The molecule has 4 aromatic carbocycles. The van der Waals surface area contributed by atoms with Crippen molar-refractivity contribution in [3.05, 3.63) is 102 Å². The topological polar surface area (TPSA) is 97.2 Å². The van der Waals surface area contributed by atoms with E-state index >= 15 is 0 Å². The minimum Gasteiger partial charge on any atom is -0.507 e. The Hall–Kier alpha value is -4.65. The highest BCUT2D eigenvalue weighted by molar-refractivity contribution is 6.01. The molecule has 0 saturated heterocycles. The maximum atomic E-state index is 12.5. The SMILES string of the molecule is CCOc1cc(/C=N\NC(=O)c2cc3ccccc3cc2O)ccc1OC(=O)c1ccccc1. The fourth-order valence-electron chi connectivity index (χ4n) is 3.33. The van der Waals surface area contributed by atoms with Crippen molar-refractivity contribution in [3.63, 3.8) is 0 Å². The lowest BCUT2D eigenvalue weighted by molar-refractivity contribution is 0.0728. The number of fused-ring (bicyclic) bond motifs is 1. The quantitative estimate of drug-likeness (QED) is 0.179. The van der Waals surface area contributed by atoms with Crippen molar-refractivity contribution in [2.45, 2.75) is 6.92 Å². The molecule has 0 heterocycles. The van der Waals surface area contributed by atoms with Gasteiger partial charge in [-0.2, -0.15) is 5.10 Å². The molecule has 4 aromatic rings. The third-order valence-corrected chi connectivity index (χ3v) is 4.97. The van der Waals surface area contributed by atoms with Crippen LogP contribution >= 0.6 is 0 Å². The van der Waals surface area contributed by atoms with Crippen LogP contribution in [0.25, 0.3) is 10.8 Å². The molecule has 0 aliphatic carbocycles. The van der Waals surface area contributed by atoms with E-state index in [0.717, 1.165) is 10.8 Å². The summed E-state index contributed by atoms with van der Waals surface area (Å²) < 4.78 is 11.1. The molecule has 0 fully saturated rings. The van der Waals surface area contributed by atoms with Gasteiger partial charge in [0.25, 0.3) is 5.91 Å². The molecule has 0 saturated carbocycles. The molecule has 0 spiro atoms. The van der Waals surface area contributed by atoms with E-state index in [-0.39, 0.29) is 17.1 Å². The van der Waals surface area contributed by atoms with Gasteiger partial charge >= 0.3 is 5.97 Å². The van der Waals surface area contributed by atoms with Crippen molar-refractivity contribution >= 4 is 28.9 Å². The number of hydrogen-bond acceptors (Lipinski definition) is 6. The molecule has 0 radical (unpaired) electrons. The van der Waals surface area contributed by atoms with Crippen LogP contribution in [0.4, 0.5) is 0 Å². The minimum absolute atomic E-state index is 0.119. The summed E-state index contributed by atoms with van der Waals surface area (Å²) >= 11 is 0. The third kappa shape index (κ3) is 5.21.